The molecule has 1 amide bonds. The minimum atomic E-state index is -4.64. The Hall–Kier alpha value is -3.27. The molecule has 29 heavy (non-hydrogen) atoms. The van der Waals surface area contributed by atoms with Crippen molar-refractivity contribution in [3.8, 4) is 11.3 Å². The quantitative estimate of drug-likeness (QED) is 0.540. The van der Waals surface area contributed by atoms with Gasteiger partial charge >= 0.3 is 6.18 Å². The summed E-state index contributed by atoms with van der Waals surface area (Å²) < 4.78 is 42.0. The molecule has 0 bridgehead atoms. The second-order valence-corrected chi connectivity index (χ2v) is 7.25. The predicted molar refractivity (Wildman–Crippen MR) is 102 cm³/mol. The number of amides is 1. The first-order valence-electron chi connectivity index (χ1n) is 8.50. The molecular formula is C19H14F3N5OS. The molecule has 1 N–H and O–H groups in total. The maximum Gasteiger partial charge on any atom is 0.413 e. The van der Waals surface area contributed by atoms with Gasteiger partial charge in [-0.2, -0.15) is 13.2 Å². The molecule has 0 spiro atoms. The van der Waals surface area contributed by atoms with Crippen molar-refractivity contribution in [2.75, 3.05) is 0 Å². The number of alkyl halides is 3. The Morgan fingerprint density at radius 1 is 1.28 bits per heavy atom. The Bertz CT molecular complexity index is 1160. The van der Waals surface area contributed by atoms with Gasteiger partial charge in [0.1, 0.15) is 6.33 Å². The van der Waals surface area contributed by atoms with Crippen LogP contribution in [0.4, 0.5) is 13.2 Å². The van der Waals surface area contributed by atoms with Crippen molar-refractivity contribution in [2.24, 2.45) is 0 Å². The van der Waals surface area contributed by atoms with E-state index >= 15 is 0 Å². The van der Waals surface area contributed by atoms with E-state index in [9.17, 15) is 18.0 Å². The van der Waals surface area contributed by atoms with Crippen molar-refractivity contribution < 1.29 is 18.0 Å². The summed E-state index contributed by atoms with van der Waals surface area (Å²) in [5, 5.41) is 3.58. The first-order chi connectivity index (χ1) is 13.8. The molecular weight excluding hydrogens is 403 g/mol. The summed E-state index contributed by atoms with van der Waals surface area (Å²) in [6.45, 7) is 1.79. The highest BCUT2D eigenvalue weighted by Gasteiger charge is 2.43. The van der Waals surface area contributed by atoms with Crippen LogP contribution in [0.3, 0.4) is 0 Å². The smallest absolute Gasteiger partial charge is 0.335 e. The van der Waals surface area contributed by atoms with Gasteiger partial charge in [0.2, 0.25) is 0 Å². The highest BCUT2D eigenvalue weighted by Crippen LogP contribution is 2.35. The molecule has 4 heterocycles. The fourth-order valence-electron chi connectivity index (χ4n) is 2.91. The van der Waals surface area contributed by atoms with Crippen molar-refractivity contribution >= 4 is 22.9 Å². The lowest BCUT2D eigenvalue weighted by Gasteiger charge is -2.20. The van der Waals surface area contributed by atoms with Crippen molar-refractivity contribution in [1.29, 1.82) is 0 Å². The van der Waals surface area contributed by atoms with Crippen LogP contribution in [-0.2, 0) is 0 Å². The van der Waals surface area contributed by atoms with Gasteiger partial charge in [0.15, 0.2) is 17.4 Å². The Labute approximate surface area is 167 Å². The van der Waals surface area contributed by atoms with Gasteiger partial charge in [0, 0.05) is 28.5 Å². The maximum absolute atomic E-state index is 13.5. The number of aromatic nitrogens is 4. The van der Waals surface area contributed by atoms with Crippen molar-refractivity contribution in [2.45, 2.75) is 19.1 Å². The largest absolute Gasteiger partial charge is 0.413 e. The summed E-state index contributed by atoms with van der Waals surface area (Å²) in [6, 6.07) is 6.05. The van der Waals surface area contributed by atoms with Gasteiger partial charge in [-0.05, 0) is 36.6 Å². The standard InChI is InChI=1S/C19H14F3N5OS/c1-11-8-13(12-4-2-6-23-9-12)25-17-15(24-10-27(11)17)18(28)26-16(19(20,21)22)14-5-3-7-29-14/h2-10,16H,1H3,(H,26,28). The van der Waals surface area contributed by atoms with Crippen LogP contribution >= 0.6 is 11.3 Å². The number of pyridine rings is 1. The highest BCUT2D eigenvalue weighted by molar-refractivity contribution is 7.10. The van der Waals surface area contributed by atoms with Crippen molar-refractivity contribution in [3.63, 3.8) is 0 Å². The number of fused-ring (bicyclic) bond motifs is 1. The highest BCUT2D eigenvalue weighted by atomic mass is 32.1. The first-order valence-corrected chi connectivity index (χ1v) is 9.38. The molecule has 1 atom stereocenters. The number of carbonyl (C=O) groups is 1. The minimum Gasteiger partial charge on any atom is -0.335 e. The first kappa shape index (κ1) is 19.1. The lowest BCUT2D eigenvalue weighted by Crippen LogP contribution is -2.38. The zero-order valence-corrected chi connectivity index (χ0v) is 15.8. The molecule has 1 unspecified atom stereocenters. The van der Waals surface area contributed by atoms with Gasteiger partial charge in [-0.15, -0.1) is 11.3 Å². The molecule has 6 nitrogen and oxygen atoms in total. The summed E-state index contributed by atoms with van der Waals surface area (Å²) in [5.41, 5.74) is 1.99. The van der Waals surface area contributed by atoms with Crippen LogP contribution < -0.4 is 5.32 Å². The second-order valence-electron chi connectivity index (χ2n) is 6.27. The second kappa shape index (κ2) is 7.28. The molecule has 10 heteroatoms. The molecule has 0 aliphatic heterocycles. The SMILES string of the molecule is Cc1cc(-c2cccnc2)nc2c(C(=O)NC(c3cccs3)C(F)(F)F)ncn12. The zero-order valence-electron chi connectivity index (χ0n) is 15.0. The number of carbonyl (C=O) groups excluding carboxylic acids is 1. The number of rotatable bonds is 4. The molecule has 0 saturated carbocycles. The summed E-state index contributed by atoms with van der Waals surface area (Å²) in [7, 11) is 0. The Morgan fingerprint density at radius 3 is 2.76 bits per heavy atom. The third-order valence-electron chi connectivity index (χ3n) is 4.30. The van der Waals surface area contributed by atoms with E-state index in [1.54, 1.807) is 41.9 Å². The number of halogens is 3. The summed E-state index contributed by atoms with van der Waals surface area (Å²) in [4.78, 5) is 25.2. The topological polar surface area (TPSA) is 72.2 Å². The van der Waals surface area contributed by atoms with Crippen LogP contribution in [0.1, 0.15) is 27.1 Å². The summed E-state index contributed by atoms with van der Waals surface area (Å²) in [5.74, 6) is -0.946. The number of imidazole rings is 1. The van der Waals surface area contributed by atoms with Gasteiger partial charge in [-0.25, -0.2) is 9.97 Å². The monoisotopic (exact) mass is 417 g/mol. The van der Waals surface area contributed by atoms with Crippen LogP contribution in [0.5, 0.6) is 0 Å². The average Bonchev–Trinajstić information content (AvgIpc) is 3.36. The number of hydrogen-bond donors (Lipinski definition) is 1. The number of nitrogens with one attached hydrogen (secondary N) is 1. The lowest BCUT2D eigenvalue weighted by atomic mass is 10.2. The van der Waals surface area contributed by atoms with E-state index in [0.29, 0.717) is 5.69 Å². The molecule has 0 saturated heterocycles. The molecule has 0 radical (unpaired) electrons. The number of hydrogen-bond acceptors (Lipinski definition) is 5. The average molecular weight is 417 g/mol. The zero-order chi connectivity index (χ0) is 20.6. The maximum atomic E-state index is 13.5. The van der Waals surface area contributed by atoms with E-state index in [0.717, 1.165) is 22.6 Å². The predicted octanol–water partition coefficient (Wildman–Crippen LogP) is 4.19. The van der Waals surface area contributed by atoms with Gasteiger partial charge in [0.05, 0.1) is 5.69 Å². The molecule has 4 aromatic rings. The third-order valence-corrected chi connectivity index (χ3v) is 5.23. The molecule has 0 aliphatic carbocycles. The van der Waals surface area contributed by atoms with E-state index < -0.39 is 18.1 Å². The van der Waals surface area contributed by atoms with Crippen molar-refractivity contribution in [1.82, 2.24) is 24.7 Å². The van der Waals surface area contributed by atoms with Gasteiger partial charge in [-0.3, -0.25) is 14.2 Å². The fraction of sp³-hybridized carbons (Fsp3) is 0.158. The summed E-state index contributed by atoms with van der Waals surface area (Å²) >= 11 is 0.920. The van der Waals surface area contributed by atoms with E-state index in [1.165, 1.54) is 23.8 Å². The molecule has 4 aromatic heterocycles. The molecule has 148 valence electrons. The molecule has 0 aliphatic rings. The molecule has 4 rings (SSSR count). The lowest BCUT2D eigenvalue weighted by molar-refractivity contribution is -0.154. The van der Waals surface area contributed by atoms with E-state index in [-0.39, 0.29) is 16.2 Å². The van der Waals surface area contributed by atoms with Crippen LogP contribution in [-0.4, -0.2) is 31.4 Å². The van der Waals surface area contributed by atoms with E-state index in [4.69, 9.17) is 0 Å². The van der Waals surface area contributed by atoms with Crippen LogP contribution in [0.25, 0.3) is 16.9 Å². The van der Waals surface area contributed by atoms with Crippen LogP contribution in [0, 0.1) is 6.92 Å². The van der Waals surface area contributed by atoms with Crippen LogP contribution in [0.2, 0.25) is 0 Å². The molecule has 0 aromatic carbocycles. The number of aryl methyl sites for hydroxylation is 1. The Balaban J connectivity index is 1.73. The van der Waals surface area contributed by atoms with Gasteiger partial charge in [0.25, 0.3) is 5.91 Å². The van der Waals surface area contributed by atoms with E-state index in [1.807, 2.05) is 0 Å². The van der Waals surface area contributed by atoms with E-state index in [2.05, 4.69) is 20.3 Å². The van der Waals surface area contributed by atoms with Gasteiger partial charge in [-0.1, -0.05) is 6.07 Å². The third kappa shape index (κ3) is 3.70. The number of nitrogens with zero attached hydrogens (tertiary/aromatic N) is 4. The van der Waals surface area contributed by atoms with Crippen LogP contribution in [0.15, 0.2) is 54.4 Å². The van der Waals surface area contributed by atoms with Crippen molar-refractivity contribution in [3.05, 3.63) is 70.7 Å². The Morgan fingerprint density at radius 2 is 2.10 bits per heavy atom. The normalized spacial score (nSPS) is 12.8. The summed E-state index contributed by atoms with van der Waals surface area (Å²) in [6.07, 6.45) is -0.0348. The minimum absolute atomic E-state index is 0.00504. The fourth-order valence-corrected chi connectivity index (χ4v) is 3.71. The number of thiophene rings is 1. The Kier molecular flexibility index (Phi) is 4.79. The molecule has 0 fully saturated rings. The van der Waals surface area contributed by atoms with Gasteiger partial charge < -0.3 is 5.32 Å².